The van der Waals surface area contributed by atoms with Gasteiger partial charge in [-0.05, 0) is 25.5 Å². The van der Waals surface area contributed by atoms with Crippen LogP contribution in [0.3, 0.4) is 0 Å². The molecule has 0 aliphatic carbocycles. The van der Waals surface area contributed by atoms with E-state index in [1.165, 1.54) is 30.8 Å². The number of aliphatic hydroxyl groups excluding tert-OH is 1. The Morgan fingerprint density at radius 2 is 2.09 bits per heavy atom. The van der Waals surface area contributed by atoms with Gasteiger partial charge in [-0.3, -0.25) is 4.79 Å². The zero-order chi connectivity index (χ0) is 16.7. The molecular weight excluding hydrogens is 300 g/mol. The van der Waals surface area contributed by atoms with Crippen LogP contribution in [0.15, 0.2) is 30.2 Å². The Bertz CT molecular complexity index is 613. The van der Waals surface area contributed by atoms with Crippen LogP contribution >= 0.6 is 11.3 Å². The van der Waals surface area contributed by atoms with Crippen molar-refractivity contribution in [2.24, 2.45) is 5.92 Å². The minimum Gasteiger partial charge on any atom is -0.508 e. The third-order valence-corrected chi connectivity index (χ3v) is 3.69. The Hall–Kier alpha value is -2.08. The second-order valence-corrected chi connectivity index (χ2v) is 6.25. The molecule has 0 aromatic carbocycles. The summed E-state index contributed by atoms with van der Waals surface area (Å²) >= 11 is 1.44. The molecule has 120 valence electrons. The summed E-state index contributed by atoms with van der Waals surface area (Å²) in [6.45, 7) is 7.52. The Morgan fingerprint density at radius 3 is 2.68 bits per heavy atom. The Morgan fingerprint density at radius 1 is 1.41 bits per heavy atom. The zero-order valence-corrected chi connectivity index (χ0v) is 14.3. The van der Waals surface area contributed by atoms with Gasteiger partial charge >= 0.3 is 0 Å². The molecule has 1 aromatic heterocycles. The van der Waals surface area contributed by atoms with Crippen LogP contribution in [-0.2, 0) is 9.53 Å². The fraction of sp³-hybridized carbons (Fsp3) is 0.375. The molecule has 6 heteroatoms. The molecule has 1 aromatic rings. The fourth-order valence-electron chi connectivity index (χ4n) is 1.55. The van der Waals surface area contributed by atoms with Gasteiger partial charge in [0.1, 0.15) is 5.76 Å². The van der Waals surface area contributed by atoms with Crippen LogP contribution < -0.4 is 5.32 Å². The number of nitrogens with zero attached hydrogens (tertiary/aromatic N) is 1. The summed E-state index contributed by atoms with van der Waals surface area (Å²) in [5.74, 6) is -0.0525. The van der Waals surface area contributed by atoms with Gasteiger partial charge in [0.05, 0.1) is 19.1 Å². The number of aryl methyl sites for hydroxylation is 1. The summed E-state index contributed by atoms with van der Waals surface area (Å²) in [5, 5.41) is 13.0. The van der Waals surface area contributed by atoms with E-state index in [-0.39, 0.29) is 17.6 Å². The lowest BCUT2D eigenvalue weighted by molar-refractivity contribution is -0.118. The number of aliphatic hydroxyl groups is 1. The lowest BCUT2D eigenvalue weighted by Crippen LogP contribution is -2.17. The highest BCUT2D eigenvalue weighted by Gasteiger charge is 2.13. The summed E-state index contributed by atoms with van der Waals surface area (Å²) in [6, 6.07) is 0. The molecule has 2 N–H and O–H groups in total. The van der Waals surface area contributed by atoms with Crippen molar-refractivity contribution in [1.82, 2.24) is 4.98 Å². The largest absolute Gasteiger partial charge is 0.508 e. The first-order valence-electron chi connectivity index (χ1n) is 6.90. The SMILES string of the molecule is CO/C=C/C(O)=C\C=C(/C)c1nc(NC(=O)C(C)C)sc1C. The second-order valence-electron chi connectivity index (χ2n) is 5.05. The number of anilines is 1. The van der Waals surface area contributed by atoms with Crippen LogP contribution in [-0.4, -0.2) is 23.1 Å². The van der Waals surface area contributed by atoms with E-state index >= 15 is 0 Å². The van der Waals surface area contributed by atoms with Crippen LogP contribution in [0.4, 0.5) is 5.13 Å². The number of carbonyl (C=O) groups excluding carboxylic acids is 1. The molecule has 0 bridgehead atoms. The van der Waals surface area contributed by atoms with Crippen molar-refractivity contribution >= 4 is 27.9 Å². The highest BCUT2D eigenvalue weighted by molar-refractivity contribution is 7.15. The maximum absolute atomic E-state index is 11.7. The molecule has 0 spiro atoms. The van der Waals surface area contributed by atoms with E-state index in [0.29, 0.717) is 5.13 Å². The summed E-state index contributed by atoms with van der Waals surface area (Å²) < 4.78 is 4.73. The molecule has 0 atom stereocenters. The van der Waals surface area contributed by atoms with E-state index in [2.05, 4.69) is 10.3 Å². The van der Waals surface area contributed by atoms with Crippen LogP contribution in [0.2, 0.25) is 0 Å². The van der Waals surface area contributed by atoms with Gasteiger partial charge in [-0.2, -0.15) is 0 Å². The van der Waals surface area contributed by atoms with Gasteiger partial charge in [0.25, 0.3) is 0 Å². The van der Waals surface area contributed by atoms with Crippen LogP contribution in [0, 0.1) is 12.8 Å². The maximum atomic E-state index is 11.7. The van der Waals surface area contributed by atoms with Crippen molar-refractivity contribution in [3.8, 4) is 0 Å². The van der Waals surface area contributed by atoms with E-state index in [1.54, 1.807) is 12.2 Å². The number of nitrogens with one attached hydrogen (secondary N) is 1. The van der Waals surface area contributed by atoms with Crippen molar-refractivity contribution in [2.45, 2.75) is 27.7 Å². The number of hydrogen-bond acceptors (Lipinski definition) is 5. The molecule has 0 saturated carbocycles. The average Bonchev–Trinajstić information content (AvgIpc) is 2.83. The van der Waals surface area contributed by atoms with Gasteiger partial charge in [-0.1, -0.05) is 19.9 Å². The smallest absolute Gasteiger partial charge is 0.228 e. The van der Waals surface area contributed by atoms with E-state index in [0.717, 1.165) is 16.1 Å². The Balaban J connectivity index is 2.90. The standard InChI is InChI=1S/C16H22N2O3S/c1-10(2)15(20)18-16-17-14(12(4)22-16)11(3)6-7-13(19)8-9-21-5/h6-10,19H,1-5H3,(H,17,18,20)/b9-8+,11-6+,13-7+. The van der Waals surface area contributed by atoms with E-state index < -0.39 is 0 Å². The van der Waals surface area contributed by atoms with Crippen molar-refractivity contribution in [1.29, 1.82) is 0 Å². The number of allylic oxidation sites excluding steroid dienone is 4. The minimum absolute atomic E-state index is 0.0517. The topological polar surface area (TPSA) is 71.5 Å². The highest BCUT2D eigenvalue weighted by atomic mass is 32.1. The molecular formula is C16H22N2O3S. The number of thiazole rings is 1. The summed E-state index contributed by atoms with van der Waals surface area (Å²) in [4.78, 5) is 17.1. The normalized spacial score (nSPS) is 13.0. The molecule has 0 fully saturated rings. The highest BCUT2D eigenvalue weighted by Crippen LogP contribution is 2.27. The first kappa shape index (κ1) is 18.0. The van der Waals surface area contributed by atoms with Crippen LogP contribution in [0.1, 0.15) is 31.3 Å². The van der Waals surface area contributed by atoms with Crippen molar-refractivity contribution in [2.75, 3.05) is 12.4 Å². The summed E-state index contributed by atoms with van der Waals surface area (Å²) in [6.07, 6.45) is 6.18. The monoisotopic (exact) mass is 322 g/mol. The quantitative estimate of drug-likeness (QED) is 0.612. The molecule has 0 saturated heterocycles. The molecule has 0 aliphatic rings. The van der Waals surface area contributed by atoms with Gasteiger partial charge in [-0.25, -0.2) is 4.98 Å². The third kappa shape index (κ3) is 5.37. The molecule has 0 aliphatic heterocycles. The molecule has 0 radical (unpaired) electrons. The third-order valence-electron chi connectivity index (χ3n) is 2.80. The van der Waals surface area contributed by atoms with Gasteiger partial charge in [-0.15, -0.1) is 11.3 Å². The molecule has 1 rings (SSSR count). The first-order valence-corrected chi connectivity index (χ1v) is 7.72. The summed E-state index contributed by atoms with van der Waals surface area (Å²) in [5.41, 5.74) is 1.71. The van der Waals surface area contributed by atoms with E-state index in [1.807, 2.05) is 27.7 Å². The lowest BCUT2D eigenvalue weighted by Gasteiger charge is -2.03. The lowest BCUT2D eigenvalue weighted by atomic mass is 10.2. The van der Waals surface area contributed by atoms with E-state index in [4.69, 9.17) is 4.74 Å². The number of ether oxygens (including phenoxy) is 1. The van der Waals surface area contributed by atoms with Gasteiger partial charge < -0.3 is 15.2 Å². The molecule has 0 unspecified atom stereocenters. The molecule has 5 nitrogen and oxygen atoms in total. The molecule has 1 amide bonds. The van der Waals surface area contributed by atoms with Gasteiger partial charge in [0.15, 0.2) is 5.13 Å². The summed E-state index contributed by atoms with van der Waals surface area (Å²) in [7, 11) is 1.51. The number of methoxy groups -OCH3 is 1. The predicted molar refractivity (Wildman–Crippen MR) is 90.8 cm³/mol. The van der Waals surface area contributed by atoms with E-state index in [9.17, 15) is 9.90 Å². The van der Waals surface area contributed by atoms with Gasteiger partial charge in [0.2, 0.25) is 5.91 Å². The predicted octanol–water partition coefficient (Wildman–Crippen LogP) is 4.05. The van der Waals surface area contributed by atoms with Crippen LogP contribution in [0.25, 0.3) is 5.57 Å². The number of carbonyl (C=O) groups is 1. The fourth-order valence-corrected chi connectivity index (χ4v) is 2.43. The Labute approximate surface area is 135 Å². The number of hydrogen-bond donors (Lipinski definition) is 2. The molecule has 1 heterocycles. The van der Waals surface area contributed by atoms with Crippen LogP contribution in [0.5, 0.6) is 0 Å². The van der Waals surface area contributed by atoms with Crippen molar-refractivity contribution in [3.63, 3.8) is 0 Å². The number of rotatable bonds is 6. The zero-order valence-electron chi connectivity index (χ0n) is 13.5. The van der Waals surface area contributed by atoms with Gasteiger partial charge in [0, 0.05) is 16.9 Å². The minimum atomic E-state index is -0.0863. The Kier molecular flexibility index (Phi) is 6.85. The number of aromatic nitrogens is 1. The van der Waals surface area contributed by atoms with Crippen molar-refractivity contribution in [3.05, 3.63) is 40.8 Å². The average molecular weight is 322 g/mol. The second kappa shape index (κ2) is 8.38. The van der Waals surface area contributed by atoms with Crippen molar-refractivity contribution < 1.29 is 14.6 Å². The first-order chi connectivity index (χ1) is 10.3. The molecule has 22 heavy (non-hydrogen) atoms. The number of amides is 1. The maximum Gasteiger partial charge on any atom is 0.228 e.